The van der Waals surface area contributed by atoms with Crippen LogP contribution in [0.2, 0.25) is 0 Å². The number of allylic oxidation sites excluding steroid dienone is 2. The Kier molecular flexibility index (Phi) is 6.50. The molecule has 0 aromatic heterocycles. The van der Waals surface area contributed by atoms with Crippen LogP contribution >= 0.6 is 0 Å². The predicted octanol–water partition coefficient (Wildman–Crippen LogP) is -0.163. The molecule has 0 unspecified atom stereocenters. The molecular weight excluding hydrogens is 148 g/mol. The van der Waals surface area contributed by atoms with E-state index in [1.807, 2.05) is 0 Å². The molecule has 0 aromatic carbocycles. The van der Waals surface area contributed by atoms with Crippen molar-refractivity contribution < 1.29 is 27.0 Å². The summed E-state index contributed by atoms with van der Waals surface area (Å²) in [6, 6.07) is 0. The fourth-order valence-corrected chi connectivity index (χ4v) is 0.286. The van der Waals surface area contributed by atoms with E-state index in [1.165, 1.54) is 13.8 Å². The van der Waals surface area contributed by atoms with Crippen LogP contribution in [-0.4, -0.2) is 5.78 Å². The molecule has 0 bridgehead atoms. The molecule has 0 amide bonds. The van der Waals surface area contributed by atoms with Crippen LogP contribution in [0.25, 0.3) is 0 Å². The van der Waals surface area contributed by atoms with Gasteiger partial charge in [0.05, 0.1) is 0 Å². The van der Waals surface area contributed by atoms with Crippen LogP contribution in [0.5, 0.6) is 0 Å². The van der Waals surface area contributed by atoms with E-state index < -0.39 is 0 Å². The molecule has 0 saturated carbocycles. The molecule has 0 N–H and O–H groups in total. The molecule has 2 nitrogen and oxygen atoms in total. The smallest absolute Gasteiger partial charge is 0.151 e. The van der Waals surface area contributed by atoms with E-state index >= 15 is 0 Å². The van der Waals surface area contributed by atoms with Crippen molar-refractivity contribution in [1.82, 2.24) is 0 Å². The Morgan fingerprint density at radius 2 is 1.88 bits per heavy atom. The Bertz CT molecular complexity index is 103. The summed E-state index contributed by atoms with van der Waals surface area (Å²) >= 11 is 0. The molecule has 0 atom stereocenters. The molecule has 0 radical (unpaired) electrons. The van der Waals surface area contributed by atoms with Gasteiger partial charge in [0, 0.05) is 17.1 Å². The van der Waals surface area contributed by atoms with Crippen molar-refractivity contribution in [2.45, 2.75) is 13.8 Å². The van der Waals surface area contributed by atoms with E-state index in [0.29, 0.717) is 0 Å². The third-order valence-electron chi connectivity index (χ3n) is 0.407. The van der Waals surface area contributed by atoms with Crippen LogP contribution in [-0.2, 0) is 21.9 Å². The zero-order valence-corrected chi connectivity index (χ0v) is 5.85. The first-order valence-corrected chi connectivity index (χ1v) is 1.99. The van der Waals surface area contributed by atoms with Gasteiger partial charge in [0.15, 0.2) is 5.78 Å². The third kappa shape index (κ3) is 9.21. The molecule has 48 valence electrons. The first kappa shape index (κ1) is 10.7. The summed E-state index contributed by atoms with van der Waals surface area (Å²) in [5.41, 5.74) is 0. The molecule has 0 rings (SSSR count). The van der Waals surface area contributed by atoms with Gasteiger partial charge in [0.1, 0.15) is 0 Å². The van der Waals surface area contributed by atoms with Gasteiger partial charge < -0.3 is 5.11 Å². The van der Waals surface area contributed by atoms with Gasteiger partial charge in [-0.25, -0.2) is 0 Å². The Hall–Kier alpha value is -0.271. The van der Waals surface area contributed by atoms with Crippen LogP contribution in [0.4, 0.5) is 0 Å². The standard InChI is InChI=1S/C5H8O2.Fe/c1-4(6)3-5(2)7;/h3,6H,1-2H3;/p-1/b4-3-;. The second-order valence-electron chi connectivity index (χ2n) is 1.37. The van der Waals surface area contributed by atoms with Gasteiger partial charge in [0.25, 0.3) is 0 Å². The molecule has 0 aliphatic carbocycles. The summed E-state index contributed by atoms with van der Waals surface area (Å²) in [6.45, 7) is 2.70. The SMILES string of the molecule is CC(=O)/C=C(/C)[O-].[Fe]. The van der Waals surface area contributed by atoms with Crippen molar-refractivity contribution in [3.63, 3.8) is 0 Å². The Balaban J connectivity index is 0. The van der Waals surface area contributed by atoms with Crippen LogP contribution in [0, 0.1) is 0 Å². The zero-order chi connectivity index (χ0) is 5.86. The molecule has 0 spiro atoms. The second kappa shape index (κ2) is 4.88. The average molecular weight is 155 g/mol. The van der Waals surface area contributed by atoms with E-state index in [9.17, 15) is 9.90 Å². The van der Waals surface area contributed by atoms with Crippen molar-refractivity contribution in [2.24, 2.45) is 0 Å². The van der Waals surface area contributed by atoms with E-state index in [4.69, 9.17) is 0 Å². The maximum atomic E-state index is 9.98. The number of carbonyl (C=O) groups excluding carboxylic acids is 1. The van der Waals surface area contributed by atoms with E-state index in [1.54, 1.807) is 0 Å². The van der Waals surface area contributed by atoms with Crippen LogP contribution in [0.1, 0.15) is 13.8 Å². The first-order valence-electron chi connectivity index (χ1n) is 1.99. The Labute approximate surface area is 59.1 Å². The van der Waals surface area contributed by atoms with Gasteiger partial charge >= 0.3 is 0 Å². The van der Waals surface area contributed by atoms with Crippen LogP contribution in [0.3, 0.4) is 0 Å². The maximum absolute atomic E-state index is 9.98. The molecular formula is C5H7FeO2-. The van der Waals surface area contributed by atoms with Crippen LogP contribution in [0.15, 0.2) is 11.8 Å². The van der Waals surface area contributed by atoms with Crippen molar-refractivity contribution in [3.05, 3.63) is 11.8 Å². The molecule has 0 aromatic rings. The minimum atomic E-state index is -0.187. The van der Waals surface area contributed by atoms with Gasteiger partial charge in [0.2, 0.25) is 0 Å². The van der Waals surface area contributed by atoms with Gasteiger partial charge in [-0.05, 0) is 13.0 Å². The maximum Gasteiger partial charge on any atom is 0.151 e. The molecule has 0 saturated heterocycles. The van der Waals surface area contributed by atoms with Gasteiger partial charge in [-0.15, -0.1) is 5.76 Å². The van der Waals surface area contributed by atoms with Crippen molar-refractivity contribution in [2.75, 3.05) is 0 Å². The molecule has 3 heteroatoms. The summed E-state index contributed by atoms with van der Waals surface area (Å²) in [4.78, 5) is 9.98. The number of hydrogen-bond acceptors (Lipinski definition) is 2. The summed E-state index contributed by atoms with van der Waals surface area (Å²) in [7, 11) is 0. The van der Waals surface area contributed by atoms with Crippen LogP contribution < -0.4 is 5.11 Å². The number of hydrogen-bond donors (Lipinski definition) is 0. The summed E-state index contributed by atoms with van der Waals surface area (Å²) < 4.78 is 0. The van der Waals surface area contributed by atoms with Gasteiger partial charge in [-0.3, -0.25) is 4.79 Å². The summed E-state index contributed by atoms with van der Waals surface area (Å²) in [5, 5.41) is 9.98. The van der Waals surface area contributed by atoms with Crippen molar-refractivity contribution in [1.29, 1.82) is 0 Å². The minimum absolute atomic E-state index is 0. The summed E-state index contributed by atoms with van der Waals surface area (Å²) in [5.74, 6) is -0.375. The predicted molar refractivity (Wildman–Crippen MR) is 24.4 cm³/mol. The molecule has 0 aliphatic heterocycles. The number of rotatable bonds is 1. The minimum Gasteiger partial charge on any atom is -0.876 e. The topological polar surface area (TPSA) is 40.1 Å². The summed E-state index contributed by atoms with van der Waals surface area (Å²) in [6.07, 6.45) is 1.06. The number of ketones is 1. The quantitative estimate of drug-likeness (QED) is 0.299. The molecule has 8 heavy (non-hydrogen) atoms. The Morgan fingerprint density at radius 3 is 1.88 bits per heavy atom. The fraction of sp³-hybridized carbons (Fsp3) is 0.400. The molecule has 0 aliphatic rings. The first-order chi connectivity index (χ1) is 3.13. The second-order valence-corrected chi connectivity index (χ2v) is 1.37. The third-order valence-corrected chi connectivity index (χ3v) is 0.407. The number of carbonyl (C=O) groups is 1. The zero-order valence-electron chi connectivity index (χ0n) is 4.75. The van der Waals surface area contributed by atoms with Gasteiger partial charge in [-0.1, -0.05) is 6.92 Å². The molecule has 0 heterocycles. The van der Waals surface area contributed by atoms with E-state index in [0.717, 1.165) is 6.08 Å². The van der Waals surface area contributed by atoms with Gasteiger partial charge in [-0.2, -0.15) is 0 Å². The monoisotopic (exact) mass is 155 g/mol. The molecule has 0 fully saturated rings. The van der Waals surface area contributed by atoms with Crippen molar-refractivity contribution >= 4 is 5.78 Å². The van der Waals surface area contributed by atoms with Crippen molar-refractivity contribution in [3.8, 4) is 0 Å². The fourth-order valence-electron chi connectivity index (χ4n) is 0.286. The average Bonchev–Trinajstić information content (AvgIpc) is 1.27. The van der Waals surface area contributed by atoms with E-state index in [-0.39, 0.29) is 28.6 Å². The largest absolute Gasteiger partial charge is 0.876 e. The Morgan fingerprint density at radius 1 is 1.50 bits per heavy atom. The van der Waals surface area contributed by atoms with E-state index in [2.05, 4.69) is 0 Å². The normalized spacial score (nSPS) is 10.0.